The maximum absolute atomic E-state index is 9.22. The monoisotopic (exact) mass is 251 g/mol. The Morgan fingerprint density at radius 1 is 1.21 bits per heavy atom. The van der Waals surface area contributed by atoms with Crippen LogP contribution in [-0.4, -0.2) is 18.6 Å². The van der Waals surface area contributed by atoms with Gasteiger partial charge in [-0.15, -0.1) is 0 Å². The first-order chi connectivity index (χ1) is 9.22. The van der Waals surface area contributed by atoms with Gasteiger partial charge in [0.1, 0.15) is 11.9 Å². The summed E-state index contributed by atoms with van der Waals surface area (Å²) in [5.74, 6) is 0.762. The molecule has 0 fully saturated rings. The van der Waals surface area contributed by atoms with Crippen LogP contribution in [0.4, 0.5) is 5.82 Å². The predicted molar refractivity (Wildman–Crippen MR) is 77.1 cm³/mol. The van der Waals surface area contributed by atoms with Crippen LogP contribution in [0.5, 0.6) is 0 Å². The fraction of sp³-hybridized carbons (Fsp3) is 0.250. The summed E-state index contributed by atoms with van der Waals surface area (Å²) in [6.45, 7) is 2.78. The molecule has 0 unspecified atom stereocenters. The summed E-state index contributed by atoms with van der Waals surface area (Å²) in [4.78, 5) is 6.37. The number of hydrogen-bond acceptors (Lipinski definition) is 3. The molecule has 2 aromatic rings. The number of benzene rings is 1. The van der Waals surface area contributed by atoms with E-state index in [0.29, 0.717) is 5.56 Å². The van der Waals surface area contributed by atoms with Crippen LogP contribution < -0.4 is 4.90 Å². The van der Waals surface area contributed by atoms with Crippen LogP contribution in [0.25, 0.3) is 0 Å². The van der Waals surface area contributed by atoms with Crippen molar-refractivity contribution in [2.75, 3.05) is 18.5 Å². The van der Waals surface area contributed by atoms with Crippen LogP contribution in [0.2, 0.25) is 0 Å². The standard InChI is InChI=1S/C16H17N3/c1-13-8-10-18-16(15(13)12-17)19(2)11-9-14-6-4-3-5-7-14/h3-8,10H,9,11H2,1-2H3. The fourth-order valence-corrected chi connectivity index (χ4v) is 2.02. The maximum Gasteiger partial charge on any atom is 0.146 e. The Kier molecular flexibility index (Phi) is 4.15. The van der Waals surface area contributed by atoms with Gasteiger partial charge in [-0.25, -0.2) is 4.98 Å². The maximum atomic E-state index is 9.22. The van der Waals surface area contributed by atoms with E-state index in [1.807, 2.05) is 43.1 Å². The third-order valence-electron chi connectivity index (χ3n) is 3.19. The Morgan fingerprint density at radius 2 is 1.95 bits per heavy atom. The van der Waals surface area contributed by atoms with Crippen molar-refractivity contribution in [2.45, 2.75) is 13.3 Å². The van der Waals surface area contributed by atoms with Gasteiger partial charge in [-0.1, -0.05) is 30.3 Å². The van der Waals surface area contributed by atoms with Gasteiger partial charge in [0, 0.05) is 19.8 Å². The Labute approximate surface area is 114 Å². The van der Waals surface area contributed by atoms with Gasteiger partial charge in [0.15, 0.2) is 0 Å². The summed E-state index contributed by atoms with van der Waals surface area (Å²) in [5, 5.41) is 9.22. The van der Waals surface area contributed by atoms with Crippen molar-refractivity contribution in [1.29, 1.82) is 5.26 Å². The fourth-order valence-electron chi connectivity index (χ4n) is 2.02. The third kappa shape index (κ3) is 3.11. The van der Waals surface area contributed by atoms with Crippen LogP contribution in [-0.2, 0) is 6.42 Å². The Morgan fingerprint density at radius 3 is 2.63 bits per heavy atom. The minimum Gasteiger partial charge on any atom is -0.358 e. The van der Waals surface area contributed by atoms with Gasteiger partial charge in [-0.3, -0.25) is 0 Å². The SMILES string of the molecule is Cc1ccnc(N(C)CCc2ccccc2)c1C#N. The van der Waals surface area contributed by atoms with E-state index in [2.05, 4.69) is 23.2 Å². The lowest BCUT2D eigenvalue weighted by Gasteiger charge is -2.19. The highest BCUT2D eigenvalue weighted by molar-refractivity contribution is 5.56. The first kappa shape index (κ1) is 13.1. The smallest absolute Gasteiger partial charge is 0.146 e. The molecule has 0 amide bonds. The van der Waals surface area contributed by atoms with Crippen molar-refractivity contribution in [3.05, 3.63) is 59.3 Å². The Hall–Kier alpha value is -2.34. The summed E-state index contributed by atoms with van der Waals surface area (Å²) in [6.07, 6.45) is 2.70. The second kappa shape index (κ2) is 6.01. The number of hydrogen-bond donors (Lipinski definition) is 0. The van der Waals surface area contributed by atoms with E-state index in [1.54, 1.807) is 6.20 Å². The second-order valence-electron chi connectivity index (χ2n) is 4.60. The minimum absolute atomic E-state index is 0.665. The number of pyridine rings is 1. The molecule has 19 heavy (non-hydrogen) atoms. The first-order valence-electron chi connectivity index (χ1n) is 6.33. The Balaban J connectivity index is 2.11. The average molecular weight is 251 g/mol. The van der Waals surface area contributed by atoms with E-state index < -0.39 is 0 Å². The third-order valence-corrected chi connectivity index (χ3v) is 3.19. The predicted octanol–water partition coefficient (Wildman–Crippen LogP) is 2.94. The van der Waals surface area contributed by atoms with Crippen LogP contribution in [0, 0.1) is 18.3 Å². The number of nitriles is 1. The summed E-state index contributed by atoms with van der Waals surface area (Å²) in [6, 6.07) is 14.4. The highest BCUT2D eigenvalue weighted by Crippen LogP contribution is 2.18. The lowest BCUT2D eigenvalue weighted by molar-refractivity contribution is 0.856. The van der Waals surface area contributed by atoms with Crippen molar-refractivity contribution >= 4 is 5.82 Å². The molecule has 0 radical (unpaired) electrons. The van der Waals surface area contributed by atoms with Crippen LogP contribution in [0.3, 0.4) is 0 Å². The zero-order valence-electron chi connectivity index (χ0n) is 11.3. The number of nitrogens with zero attached hydrogens (tertiary/aromatic N) is 3. The molecule has 1 aromatic heterocycles. The van der Waals surface area contributed by atoms with Gasteiger partial charge in [0.25, 0.3) is 0 Å². The first-order valence-corrected chi connectivity index (χ1v) is 6.33. The molecule has 0 saturated heterocycles. The molecule has 96 valence electrons. The molecule has 0 atom stereocenters. The number of aromatic nitrogens is 1. The largest absolute Gasteiger partial charge is 0.358 e. The molecule has 0 aliphatic heterocycles. The van der Waals surface area contributed by atoms with Gasteiger partial charge in [0.2, 0.25) is 0 Å². The molecule has 1 aromatic carbocycles. The lowest BCUT2D eigenvalue weighted by Crippen LogP contribution is -2.22. The molecule has 0 bridgehead atoms. The number of rotatable bonds is 4. The topological polar surface area (TPSA) is 39.9 Å². The Bertz CT molecular complexity index is 585. The second-order valence-corrected chi connectivity index (χ2v) is 4.60. The number of likely N-dealkylation sites (N-methyl/N-ethyl adjacent to an activating group) is 1. The molecule has 3 nitrogen and oxygen atoms in total. The molecule has 3 heteroatoms. The van der Waals surface area contributed by atoms with E-state index in [9.17, 15) is 5.26 Å². The van der Waals surface area contributed by atoms with Crippen molar-refractivity contribution in [2.24, 2.45) is 0 Å². The van der Waals surface area contributed by atoms with Crippen molar-refractivity contribution in [3.63, 3.8) is 0 Å². The van der Waals surface area contributed by atoms with Crippen molar-refractivity contribution in [1.82, 2.24) is 4.98 Å². The molecule has 0 spiro atoms. The zero-order chi connectivity index (χ0) is 13.7. The number of aryl methyl sites for hydroxylation is 1. The molecule has 0 aliphatic carbocycles. The summed E-state index contributed by atoms with van der Waals surface area (Å²) < 4.78 is 0. The van der Waals surface area contributed by atoms with Crippen LogP contribution in [0.1, 0.15) is 16.7 Å². The zero-order valence-corrected chi connectivity index (χ0v) is 11.3. The van der Waals surface area contributed by atoms with Gasteiger partial charge >= 0.3 is 0 Å². The minimum atomic E-state index is 0.665. The van der Waals surface area contributed by atoms with E-state index in [-0.39, 0.29) is 0 Å². The van der Waals surface area contributed by atoms with Gasteiger partial charge < -0.3 is 4.90 Å². The van der Waals surface area contributed by atoms with E-state index in [1.165, 1.54) is 5.56 Å². The van der Waals surface area contributed by atoms with Crippen LogP contribution >= 0.6 is 0 Å². The summed E-state index contributed by atoms with van der Waals surface area (Å²) in [5.41, 5.74) is 2.93. The van der Waals surface area contributed by atoms with E-state index >= 15 is 0 Å². The normalized spacial score (nSPS) is 9.95. The highest BCUT2D eigenvalue weighted by Gasteiger charge is 2.10. The molecule has 0 N–H and O–H groups in total. The summed E-state index contributed by atoms with van der Waals surface area (Å²) in [7, 11) is 1.98. The lowest BCUT2D eigenvalue weighted by atomic mass is 10.1. The molecule has 1 heterocycles. The molecule has 0 aliphatic rings. The van der Waals surface area contributed by atoms with Gasteiger partial charge in [0.05, 0.1) is 5.56 Å². The summed E-state index contributed by atoms with van der Waals surface area (Å²) >= 11 is 0. The molecular formula is C16H17N3. The van der Waals surface area contributed by atoms with Gasteiger partial charge in [-0.2, -0.15) is 5.26 Å². The molecule has 2 rings (SSSR count). The molecule has 0 saturated carbocycles. The van der Waals surface area contributed by atoms with Gasteiger partial charge in [-0.05, 0) is 30.5 Å². The van der Waals surface area contributed by atoms with Crippen LogP contribution in [0.15, 0.2) is 42.6 Å². The highest BCUT2D eigenvalue weighted by atomic mass is 15.2. The number of anilines is 1. The van der Waals surface area contributed by atoms with E-state index in [4.69, 9.17) is 0 Å². The van der Waals surface area contributed by atoms with E-state index in [0.717, 1.165) is 24.3 Å². The average Bonchev–Trinajstić information content (AvgIpc) is 2.45. The quantitative estimate of drug-likeness (QED) is 0.838. The molecular weight excluding hydrogens is 234 g/mol. The van der Waals surface area contributed by atoms with Crippen molar-refractivity contribution < 1.29 is 0 Å². The van der Waals surface area contributed by atoms with Crippen molar-refractivity contribution in [3.8, 4) is 6.07 Å².